The molecule has 0 bridgehead atoms. The van der Waals surface area contributed by atoms with E-state index >= 15 is 0 Å². The molecule has 3 heteroatoms. The number of nitrogens with one attached hydrogen (secondary N) is 1. The van der Waals surface area contributed by atoms with Gasteiger partial charge in [0.05, 0.1) is 12.7 Å². The summed E-state index contributed by atoms with van der Waals surface area (Å²) >= 11 is 0. The molecule has 1 aromatic rings. The normalized spacial score (nSPS) is 16.2. The topological polar surface area (TPSA) is 45.0 Å². The first-order chi connectivity index (χ1) is 8.33. The molecule has 0 spiro atoms. The van der Waals surface area contributed by atoms with Crippen LogP contribution in [0, 0.1) is 17.2 Å². The Morgan fingerprint density at radius 2 is 2.12 bits per heavy atom. The van der Waals surface area contributed by atoms with Crippen molar-refractivity contribution in [2.75, 3.05) is 13.2 Å². The van der Waals surface area contributed by atoms with E-state index < -0.39 is 0 Å². The van der Waals surface area contributed by atoms with Crippen LogP contribution in [0.15, 0.2) is 24.3 Å². The highest BCUT2D eigenvalue weighted by Gasteiger charge is 2.22. The number of ether oxygens (including phenoxy) is 1. The van der Waals surface area contributed by atoms with E-state index in [0.717, 1.165) is 23.8 Å². The van der Waals surface area contributed by atoms with E-state index in [1.807, 2.05) is 31.2 Å². The van der Waals surface area contributed by atoms with Gasteiger partial charge in [-0.25, -0.2) is 0 Å². The van der Waals surface area contributed by atoms with Gasteiger partial charge in [0.2, 0.25) is 0 Å². The molecule has 0 saturated heterocycles. The lowest BCUT2D eigenvalue weighted by Gasteiger charge is -2.12. The van der Waals surface area contributed by atoms with Crippen LogP contribution in [0.1, 0.15) is 31.4 Å². The van der Waals surface area contributed by atoms with Crippen molar-refractivity contribution < 1.29 is 4.74 Å². The third-order valence-corrected chi connectivity index (χ3v) is 2.96. The molecule has 1 fully saturated rings. The second-order valence-corrected chi connectivity index (χ2v) is 4.42. The number of nitriles is 1. The van der Waals surface area contributed by atoms with Gasteiger partial charge in [0, 0.05) is 0 Å². The second-order valence-electron chi connectivity index (χ2n) is 4.42. The van der Waals surface area contributed by atoms with Crippen molar-refractivity contribution in [1.29, 1.82) is 5.26 Å². The van der Waals surface area contributed by atoms with Crippen LogP contribution in [0.5, 0.6) is 5.75 Å². The summed E-state index contributed by atoms with van der Waals surface area (Å²) in [5.74, 6) is 1.64. The first kappa shape index (κ1) is 11.9. The minimum Gasteiger partial charge on any atom is -0.494 e. The zero-order valence-electron chi connectivity index (χ0n) is 10.1. The van der Waals surface area contributed by atoms with E-state index in [-0.39, 0.29) is 6.04 Å². The lowest BCUT2D eigenvalue weighted by molar-refractivity contribution is 0.340. The monoisotopic (exact) mass is 230 g/mol. The van der Waals surface area contributed by atoms with Crippen LogP contribution in [0.2, 0.25) is 0 Å². The molecule has 1 atom stereocenters. The van der Waals surface area contributed by atoms with Crippen LogP contribution < -0.4 is 10.1 Å². The van der Waals surface area contributed by atoms with E-state index in [1.54, 1.807) is 0 Å². The summed E-state index contributed by atoms with van der Waals surface area (Å²) in [7, 11) is 0. The molecule has 17 heavy (non-hydrogen) atoms. The highest BCUT2D eigenvalue weighted by Crippen LogP contribution is 2.28. The van der Waals surface area contributed by atoms with Crippen molar-refractivity contribution in [3.8, 4) is 11.8 Å². The van der Waals surface area contributed by atoms with Crippen LogP contribution in [-0.4, -0.2) is 13.2 Å². The maximum Gasteiger partial charge on any atom is 0.121 e. The largest absolute Gasteiger partial charge is 0.494 e. The Hall–Kier alpha value is -1.53. The van der Waals surface area contributed by atoms with Crippen LogP contribution in [0.3, 0.4) is 0 Å². The molecule has 0 amide bonds. The molecule has 0 aliphatic heterocycles. The molecule has 3 nitrogen and oxygen atoms in total. The van der Waals surface area contributed by atoms with E-state index in [9.17, 15) is 0 Å². The lowest BCUT2D eigenvalue weighted by atomic mass is 10.1. The van der Waals surface area contributed by atoms with E-state index in [2.05, 4.69) is 11.4 Å². The maximum absolute atomic E-state index is 9.14. The first-order valence-corrected chi connectivity index (χ1v) is 6.19. The Balaban J connectivity index is 1.95. The van der Waals surface area contributed by atoms with Gasteiger partial charge in [0.15, 0.2) is 0 Å². The lowest BCUT2D eigenvalue weighted by Crippen LogP contribution is -2.22. The quantitative estimate of drug-likeness (QED) is 0.817. The average Bonchev–Trinajstić information content (AvgIpc) is 3.16. The Labute approximate surface area is 102 Å². The summed E-state index contributed by atoms with van der Waals surface area (Å²) in [6, 6.07) is 9.85. The molecular formula is C14H18N2O. The average molecular weight is 230 g/mol. The highest BCUT2D eigenvalue weighted by atomic mass is 16.5. The summed E-state index contributed by atoms with van der Waals surface area (Å²) < 4.78 is 5.38. The van der Waals surface area contributed by atoms with Crippen molar-refractivity contribution >= 4 is 0 Å². The van der Waals surface area contributed by atoms with Gasteiger partial charge < -0.3 is 4.74 Å². The van der Waals surface area contributed by atoms with Gasteiger partial charge in [-0.2, -0.15) is 5.26 Å². The van der Waals surface area contributed by atoms with Gasteiger partial charge in [-0.3, -0.25) is 5.32 Å². The second kappa shape index (κ2) is 5.70. The summed E-state index contributed by atoms with van der Waals surface area (Å²) in [5.41, 5.74) is 1.01. The maximum atomic E-state index is 9.14. The zero-order chi connectivity index (χ0) is 12.1. The Morgan fingerprint density at radius 3 is 2.65 bits per heavy atom. The van der Waals surface area contributed by atoms with Gasteiger partial charge in [-0.05, 0) is 49.9 Å². The van der Waals surface area contributed by atoms with Crippen molar-refractivity contribution in [1.82, 2.24) is 5.32 Å². The molecule has 1 N–H and O–H groups in total. The summed E-state index contributed by atoms with van der Waals surface area (Å²) in [6.07, 6.45) is 2.60. The summed E-state index contributed by atoms with van der Waals surface area (Å²) in [5, 5.41) is 12.4. The van der Waals surface area contributed by atoms with Crippen molar-refractivity contribution in [3.63, 3.8) is 0 Å². The molecule has 0 heterocycles. The number of hydrogen-bond donors (Lipinski definition) is 1. The van der Waals surface area contributed by atoms with Crippen LogP contribution in [-0.2, 0) is 0 Å². The van der Waals surface area contributed by atoms with Gasteiger partial charge in [0.25, 0.3) is 0 Å². The van der Waals surface area contributed by atoms with Crippen LogP contribution in [0.4, 0.5) is 0 Å². The van der Waals surface area contributed by atoms with Gasteiger partial charge >= 0.3 is 0 Å². The fraction of sp³-hybridized carbons (Fsp3) is 0.500. The van der Waals surface area contributed by atoms with Crippen molar-refractivity contribution in [2.24, 2.45) is 5.92 Å². The molecule has 90 valence electrons. The Bertz CT molecular complexity index is 390. The minimum atomic E-state index is -0.203. The predicted molar refractivity (Wildman–Crippen MR) is 66.7 cm³/mol. The van der Waals surface area contributed by atoms with E-state index in [4.69, 9.17) is 10.00 Å². The first-order valence-electron chi connectivity index (χ1n) is 6.19. The van der Waals surface area contributed by atoms with Gasteiger partial charge in [-0.1, -0.05) is 12.1 Å². The molecule has 0 aromatic heterocycles. The summed E-state index contributed by atoms with van der Waals surface area (Å²) in [6.45, 7) is 3.58. The molecule has 1 saturated carbocycles. The standard InChI is InChI=1S/C14H18N2O/c1-2-17-13-7-5-12(6-8-13)14(9-15)16-10-11-3-4-11/h5-8,11,14,16H,2-4,10H2,1H3. The van der Waals surface area contributed by atoms with Crippen LogP contribution >= 0.6 is 0 Å². The number of hydrogen-bond acceptors (Lipinski definition) is 3. The van der Waals surface area contributed by atoms with Gasteiger partial charge in [-0.15, -0.1) is 0 Å². The Kier molecular flexibility index (Phi) is 4.00. The summed E-state index contributed by atoms with van der Waals surface area (Å²) in [4.78, 5) is 0. The molecule has 1 aliphatic carbocycles. The van der Waals surface area contributed by atoms with E-state index in [1.165, 1.54) is 12.8 Å². The minimum absolute atomic E-state index is 0.203. The molecule has 0 radical (unpaired) electrons. The van der Waals surface area contributed by atoms with Crippen LogP contribution in [0.25, 0.3) is 0 Å². The molecule has 2 rings (SSSR count). The van der Waals surface area contributed by atoms with Crippen molar-refractivity contribution in [3.05, 3.63) is 29.8 Å². The SMILES string of the molecule is CCOc1ccc(C(C#N)NCC2CC2)cc1. The fourth-order valence-corrected chi connectivity index (χ4v) is 1.77. The Morgan fingerprint density at radius 1 is 1.41 bits per heavy atom. The molecule has 1 aliphatic rings. The smallest absolute Gasteiger partial charge is 0.121 e. The van der Waals surface area contributed by atoms with Crippen molar-refractivity contribution in [2.45, 2.75) is 25.8 Å². The molecular weight excluding hydrogens is 212 g/mol. The molecule has 1 aromatic carbocycles. The molecule has 1 unspecified atom stereocenters. The number of nitrogens with zero attached hydrogens (tertiary/aromatic N) is 1. The number of benzene rings is 1. The third-order valence-electron chi connectivity index (χ3n) is 2.96. The number of rotatable bonds is 6. The fourth-order valence-electron chi connectivity index (χ4n) is 1.77. The predicted octanol–water partition coefficient (Wildman–Crippen LogP) is 2.65. The van der Waals surface area contributed by atoms with Gasteiger partial charge in [0.1, 0.15) is 11.8 Å². The third kappa shape index (κ3) is 3.47. The van der Waals surface area contributed by atoms with E-state index in [0.29, 0.717) is 6.61 Å². The highest BCUT2D eigenvalue weighted by molar-refractivity contribution is 5.31. The zero-order valence-corrected chi connectivity index (χ0v) is 10.1.